The summed E-state index contributed by atoms with van der Waals surface area (Å²) in [7, 11) is 0. The zero-order valence-corrected chi connectivity index (χ0v) is 13.9. The SMILES string of the molecule is O=C(CCc1csc(-c2ccccc2F)n1)NCc1ccccc1. The number of rotatable bonds is 6. The molecule has 0 fully saturated rings. The Labute approximate surface area is 144 Å². The van der Waals surface area contributed by atoms with Gasteiger partial charge in [-0.3, -0.25) is 4.79 Å². The molecule has 1 aromatic heterocycles. The van der Waals surface area contributed by atoms with Crippen LogP contribution in [0.4, 0.5) is 4.39 Å². The molecule has 0 atom stereocenters. The predicted molar refractivity (Wildman–Crippen MR) is 94.1 cm³/mol. The third-order valence-corrected chi connectivity index (χ3v) is 4.52. The van der Waals surface area contributed by atoms with E-state index in [4.69, 9.17) is 0 Å². The van der Waals surface area contributed by atoms with Crippen LogP contribution in [0.3, 0.4) is 0 Å². The van der Waals surface area contributed by atoms with Gasteiger partial charge in [-0.2, -0.15) is 0 Å². The first-order chi connectivity index (χ1) is 11.7. The van der Waals surface area contributed by atoms with Crippen molar-refractivity contribution >= 4 is 17.2 Å². The molecule has 0 saturated carbocycles. The first-order valence-electron chi connectivity index (χ1n) is 7.72. The minimum Gasteiger partial charge on any atom is -0.352 e. The molecule has 3 rings (SSSR count). The molecule has 0 aliphatic carbocycles. The van der Waals surface area contributed by atoms with E-state index in [-0.39, 0.29) is 11.7 Å². The van der Waals surface area contributed by atoms with E-state index in [0.717, 1.165) is 11.3 Å². The molecule has 24 heavy (non-hydrogen) atoms. The summed E-state index contributed by atoms with van der Waals surface area (Å²) in [5.74, 6) is -0.293. The summed E-state index contributed by atoms with van der Waals surface area (Å²) in [6.07, 6.45) is 0.916. The van der Waals surface area contributed by atoms with Crippen LogP contribution in [0, 0.1) is 5.82 Å². The summed E-state index contributed by atoms with van der Waals surface area (Å²) in [5.41, 5.74) is 2.39. The highest BCUT2D eigenvalue weighted by molar-refractivity contribution is 7.13. The van der Waals surface area contributed by atoms with Crippen molar-refractivity contribution in [2.24, 2.45) is 0 Å². The second-order valence-corrected chi connectivity index (χ2v) is 6.24. The number of thiazole rings is 1. The van der Waals surface area contributed by atoms with E-state index < -0.39 is 0 Å². The van der Waals surface area contributed by atoms with E-state index in [9.17, 15) is 9.18 Å². The third kappa shape index (κ3) is 4.26. The van der Waals surface area contributed by atoms with Crippen LogP contribution in [0.25, 0.3) is 10.6 Å². The molecule has 122 valence electrons. The van der Waals surface area contributed by atoms with Crippen molar-refractivity contribution in [2.75, 3.05) is 0 Å². The molecule has 0 radical (unpaired) electrons. The molecular weight excluding hydrogens is 323 g/mol. The van der Waals surface area contributed by atoms with Crippen LogP contribution in [-0.2, 0) is 17.8 Å². The normalized spacial score (nSPS) is 10.5. The maximum absolute atomic E-state index is 13.8. The zero-order valence-electron chi connectivity index (χ0n) is 13.0. The summed E-state index contributed by atoms with van der Waals surface area (Å²) in [5, 5.41) is 5.42. The number of aromatic nitrogens is 1. The van der Waals surface area contributed by atoms with Gasteiger partial charge in [0, 0.05) is 23.9 Å². The number of carbonyl (C=O) groups is 1. The van der Waals surface area contributed by atoms with Crippen molar-refractivity contribution in [1.29, 1.82) is 0 Å². The molecule has 0 unspecified atom stereocenters. The van der Waals surface area contributed by atoms with Crippen LogP contribution in [0.2, 0.25) is 0 Å². The van der Waals surface area contributed by atoms with E-state index in [0.29, 0.717) is 30.0 Å². The molecule has 0 aliphatic rings. The highest BCUT2D eigenvalue weighted by Gasteiger charge is 2.10. The van der Waals surface area contributed by atoms with Gasteiger partial charge in [0.2, 0.25) is 5.91 Å². The van der Waals surface area contributed by atoms with Crippen LogP contribution >= 0.6 is 11.3 Å². The molecular formula is C19H17FN2OS. The second kappa shape index (κ2) is 7.84. The first kappa shape index (κ1) is 16.3. The first-order valence-corrected chi connectivity index (χ1v) is 8.60. The van der Waals surface area contributed by atoms with E-state index >= 15 is 0 Å². The number of carbonyl (C=O) groups excluding carboxylic acids is 1. The molecule has 1 amide bonds. The van der Waals surface area contributed by atoms with Gasteiger partial charge < -0.3 is 5.32 Å². The molecule has 0 aliphatic heterocycles. The van der Waals surface area contributed by atoms with Crippen molar-refractivity contribution in [2.45, 2.75) is 19.4 Å². The Kier molecular flexibility index (Phi) is 5.33. The second-order valence-electron chi connectivity index (χ2n) is 5.39. The number of benzene rings is 2. The number of nitrogens with zero attached hydrogens (tertiary/aromatic N) is 1. The lowest BCUT2D eigenvalue weighted by molar-refractivity contribution is -0.121. The molecule has 0 saturated heterocycles. The Morgan fingerprint density at radius 3 is 2.62 bits per heavy atom. The topological polar surface area (TPSA) is 42.0 Å². The van der Waals surface area contributed by atoms with Gasteiger partial charge in [0.05, 0.1) is 5.69 Å². The molecule has 0 bridgehead atoms. The number of amides is 1. The lowest BCUT2D eigenvalue weighted by atomic mass is 10.2. The molecule has 3 nitrogen and oxygen atoms in total. The number of hydrogen-bond acceptors (Lipinski definition) is 3. The van der Waals surface area contributed by atoms with Crippen LogP contribution in [0.1, 0.15) is 17.7 Å². The van der Waals surface area contributed by atoms with Crippen molar-refractivity contribution in [1.82, 2.24) is 10.3 Å². The van der Waals surface area contributed by atoms with Gasteiger partial charge in [-0.1, -0.05) is 42.5 Å². The summed E-state index contributed by atoms with van der Waals surface area (Å²) in [6, 6.07) is 16.4. The van der Waals surface area contributed by atoms with Gasteiger partial charge in [-0.15, -0.1) is 11.3 Å². The minimum atomic E-state index is -0.279. The van der Waals surface area contributed by atoms with Crippen LogP contribution in [0.15, 0.2) is 60.0 Å². The van der Waals surface area contributed by atoms with Crippen LogP contribution in [-0.4, -0.2) is 10.9 Å². The average molecular weight is 340 g/mol. The standard InChI is InChI=1S/C19H17FN2OS/c20-17-9-5-4-8-16(17)19-22-15(13-24-19)10-11-18(23)21-12-14-6-2-1-3-7-14/h1-9,13H,10-12H2,(H,21,23). The maximum Gasteiger partial charge on any atom is 0.220 e. The molecule has 0 spiro atoms. The summed E-state index contributed by atoms with van der Waals surface area (Å²) >= 11 is 1.40. The van der Waals surface area contributed by atoms with Gasteiger partial charge >= 0.3 is 0 Å². The van der Waals surface area contributed by atoms with E-state index in [1.54, 1.807) is 18.2 Å². The fourth-order valence-electron chi connectivity index (χ4n) is 2.31. The average Bonchev–Trinajstić information content (AvgIpc) is 3.08. The highest BCUT2D eigenvalue weighted by Crippen LogP contribution is 2.26. The monoisotopic (exact) mass is 340 g/mol. The highest BCUT2D eigenvalue weighted by atomic mass is 32.1. The van der Waals surface area contributed by atoms with Crippen molar-refractivity contribution in [3.8, 4) is 10.6 Å². The smallest absolute Gasteiger partial charge is 0.220 e. The van der Waals surface area contributed by atoms with Crippen molar-refractivity contribution < 1.29 is 9.18 Å². The molecule has 5 heteroatoms. The molecule has 1 heterocycles. The van der Waals surface area contributed by atoms with E-state index in [2.05, 4.69) is 10.3 Å². The fraction of sp³-hybridized carbons (Fsp3) is 0.158. The Balaban J connectivity index is 1.52. The van der Waals surface area contributed by atoms with Gasteiger partial charge in [0.25, 0.3) is 0 Å². The van der Waals surface area contributed by atoms with Gasteiger partial charge in [0.15, 0.2) is 0 Å². The predicted octanol–water partition coefficient (Wildman–Crippen LogP) is 4.20. The zero-order chi connectivity index (χ0) is 16.8. The Morgan fingerprint density at radius 1 is 1.08 bits per heavy atom. The van der Waals surface area contributed by atoms with Crippen molar-refractivity contribution in [3.63, 3.8) is 0 Å². The molecule has 3 aromatic rings. The summed E-state index contributed by atoms with van der Waals surface area (Å²) in [4.78, 5) is 16.4. The minimum absolute atomic E-state index is 0.0145. The van der Waals surface area contributed by atoms with Gasteiger partial charge in [-0.05, 0) is 24.1 Å². The largest absolute Gasteiger partial charge is 0.352 e. The van der Waals surface area contributed by atoms with Crippen LogP contribution < -0.4 is 5.32 Å². The molecule has 2 aromatic carbocycles. The van der Waals surface area contributed by atoms with Crippen LogP contribution in [0.5, 0.6) is 0 Å². The number of nitrogens with one attached hydrogen (secondary N) is 1. The quantitative estimate of drug-likeness (QED) is 0.731. The van der Waals surface area contributed by atoms with Gasteiger partial charge in [0.1, 0.15) is 10.8 Å². The lowest BCUT2D eigenvalue weighted by Crippen LogP contribution is -2.22. The lowest BCUT2D eigenvalue weighted by Gasteiger charge is -2.04. The van der Waals surface area contributed by atoms with E-state index in [1.807, 2.05) is 35.7 Å². The third-order valence-electron chi connectivity index (χ3n) is 3.60. The van der Waals surface area contributed by atoms with Crippen molar-refractivity contribution in [3.05, 3.63) is 77.1 Å². The fourth-order valence-corrected chi connectivity index (χ4v) is 3.19. The number of halogens is 1. The Morgan fingerprint density at radius 2 is 1.83 bits per heavy atom. The maximum atomic E-state index is 13.8. The number of hydrogen-bond donors (Lipinski definition) is 1. The Bertz CT molecular complexity index is 817. The summed E-state index contributed by atoms with van der Waals surface area (Å²) < 4.78 is 13.8. The molecule has 1 N–H and O–H groups in total. The summed E-state index contributed by atoms with van der Waals surface area (Å²) in [6.45, 7) is 0.525. The number of aryl methyl sites for hydroxylation is 1. The van der Waals surface area contributed by atoms with E-state index in [1.165, 1.54) is 17.4 Å². The van der Waals surface area contributed by atoms with Gasteiger partial charge in [-0.25, -0.2) is 9.37 Å². The Hall–Kier alpha value is -2.53.